The van der Waals surface area contributed by atoms with Crippen LogP contribution in [0.3, 0.4) is 0 Å². The fourth-order valence-electron chi connectivity index (χ4n) is 1.97. The van der Waals surface area contributed by atoms with Crippen molar-refractivity contribution in [3.63, 3.8) is 0 Å². The summed E-state index contributed by atoms with van der Waals surface area (Å²) in [4.78, 5) is 23.2. The Morgan fingerprint density at radius 1 is 1.04 bits per heavy atom. The summed E-state index contributed by atoms with van der Waals surface area (Å²) in [5, 5.41) is 13.1. The molecule has 0 aliphatic heterocycles. The highest BCUT2D eigenvalue weighted by Gasteiger charge is 2.34. The maximum absolute atomic E-state index is 13.2. The van der Waals surface area contributed by atoms with E-state index in [1.54, 1.807) is 0 Å². The van der Waals surface area contributed by atoms with Crippen LogP contribution < -0.4 is 10.6 Å². The van der Waals surface area contributed by atoms with Crippen molar-refractivity contribution >= 4 is 46.6 Å². The van der Waals surface area contributed by atoms with Crippen molar-refractivity contribution in [2.75, 3.05) is 10.6 Å². The second-order valence-corrected chi connectivity index (χ2v) is 5.73. The average Bonchev–Trinajstić information content (AvgIpc) is 2.50. The van der Waals surface area contributed by atoms with Crippen LogP contribution in [0.5, 0.6) is 0 Å². The third-order valence-corrected chi connectivity index (χ3v) is 3.57. The van der Waals surface area contributed by atoms with Gasteiger partial charge in [-0.2, -0.15) is 13.2 Å². The number of anilines is 2. The molecule has 0 heterocycles. The van der Waals surface area contributed by atoms with E-state index in [-0.39, 0.29) is 21.4 Å². The van der Waals surface area contributed by atoms with Crippen LogP contribution in [0.1, 0.15) is 15.9 Å². The van der Waals surface area contributed by atoms with Crippen LogP contribution >= 0.6 is 23.2 Å². The number of urea groups is 1. The van der Waals surface area contributed by atoms with Crippen molar-refractivity contribution in [2.24, 2.45) is 0 Å². The molecule has 2 amide bonds. The Bertz CT molecular complexity index is 888. The molecule has 2 rings (SSSR count). The van der Waals surface area contributed by atoms with Gasteiger partial charge in [0, 0.05) is 10.7 Å². The molecule has 5 nitrogen and oxygen atoms in total. The molecule has 0 saturated carbocycles. The molecule has 0 unspecified atom stereocenters. The highest BCUT2D eigenvalue weighted by molar-refractivity contribution is 6.38. The van der Waals surface area contributed by atoms with Gasteiger partial charge in [-0.05, 0) is 30.3 Å². The number of carboxylic acids is 1. The van der Waals surface area contributed by atoms with Crippen molar-refractivity contribution in [3.8, 4) is 0 Å². The van der Waals surface area contributed by atoms with Gasteiger partial charge in [-0.25, -0.2) is 14.0 Å². The number of hydrogen-bond acceptors (Lipinski definition) is 2. The van der Waals surface area contributed by atoms with Crippen LogP contribution in [0.4, 0.5) is 33.7 Å². The van der Waals surface area contributed by atoms with E-state index in [4.69, 9.17) is 28.3 Å². The Morgan fingerprint density at radius 2 is 1.69 bits per heavy atom. The zero-order valence-electron chi connectivity index (χ0n) is 12.4. The number of halogens is 6. The minimum absolute atomic E-state index is 0.00621. The van der Waals surface area contributed by atoms with Crippen LogP contribution in [0.25, 0.3) is 0 Å². The van der Waals surface area contributed by atoms with Gasteiger partial charge in [0.15, 0.2) is 0 Å². The third kappa shape index (κ3) is 4.55. The van der Waals surface area contributed by atoms with E-state index in [1.165, 1.54) is 6.07 Å². The smallest absolute Gasteiger partial charge is 0.419 e. The highest BCUT2D eigenvalue weighted by atomic mass is 35.5. The highest BCUT2D eigenvalue weighted by Crippen LogP contribution is 2.33. The molecule has 3 N–H and O–H groups in total. The van der Waals surface area contributed by atoms with Gasteiger partial charge in [0.1, 0.15) is 5.82 Å². The van der Waals surface area contributed by atoms with E-state index in [2.05, 4.69) is 5.32 Å². The quantitative estimate of drug-likeness (QED) is 0.585. The standard InChI is InChI=1S/C15H8Cl2F4N2O3/c16-6-3-8(13(24)25)12(10(17)4-6)23-14(26)22-7-1-2-11(18)9(5-7)15(19,20)21/h1-5H,(H,24,25)(H2,22,23,26). The van der Waals surface area contributed by atoms with Crippen molar-refractivity contribution in [3.05, 3.63) is 57.3 Å². The van der Waals surface area contributed by atoms with Gasteiger partial charge in [0.25, 0.3) is 0 Å². The molecule has 0 saturated heterocycles. The fourth-order valence-corrected chi connectivity index (χ4v) is 2.51. The lowest BCUT2D eigenvalue weighted by molar-refractivity contribution is -0.139. The van der Waals surface area contributed by atoms with Crippen LogP contribution in [0, 0.1) is 5.82 Å². The maximum atomic E-state index is 13.2. The van der Waals surface area contributed by atoms with Crippen LogP contribution in [0.2, 0.25) is 10.0 Å². The molecule has 0 spiro atoms. The first-order valence-corrected chi connectivity index (χ1v) is 7.41. The Kier molecular flexibility index (Phi) is 5.62. The number of carboxylic acid groups (broad SMARTS) is 1. The number of carbonyl (C=O) groups is 2. The molecular weight excluding hydrogens is 403 g/mol. The normalized spacial score (nSPS) is 11.2. The molecule has 0 fully saturated rings. The summed E-state index contributed by atoms with van der Waals surface area (Å²) in [6, 6.07) is 2.96. The van der Waals surface area contributed by atoms with Gasteiger partial charge in [0.2, 0.25) is 0 Å². The monoisotopic (exact) mass is 410 g/mol. The van der Waals surface area contributed by atoms with E-state index in [0.29, 0.717) is 12.1 Å². The molecule has 11 heteroatoms. The van der Waals surface area contributed by atoms with E-state index in [0.717, 1.165) is 12.1 Å². The molecule has 0 bridgehead atoms. The third-order valence-electron chi connectivity index (χ3n) is 3.05. The molecule has 0 aliphatic rings. The van der Waals surface area contributed by atoms with Gasteiger partial charge in [-0.15, -0.1) is 0 Å². The van der Waals surface area contributed by atoms with Crippen molar-refractivity contribution in [2.45, 2.75) is 6.18 Å². The molecule has 2 aromatic carbocycles. The first-order valence-electron chi connectivity index (χ1n) is 6.66. The number of benzene rings is 2. The summed E-state index contributed by atoms with van der Waals surface area (Å²) in [6.45, 7) is 0. The second kappa shape index (κ2) is 7.38. The molecular formula is C15H8Cl2F4N2O3. The summed E-state index contributed by atoms with van der Waals surface area (Å²) >= 11 is 11.5. The number of hydrogen-bond donors (Lipinski definition) is 3. The summed E-state index contributed by atoms with van der Waals surface area (Å²) in [5.41, 5.74) is -2.66. The lowest BCUT2D eigenvalue weighted by Gasteiger charge is -2.13. The topological polar surface area (TPSA) is 78.4 Å². The Morgan fingerprint density at radius 3 is 2.27 bits per heavy atom. The lowest BCUT2D eigenvalue weighted by atomic mass is 10.1. The maximum Gasteiger partial charge on any atom is 0.419 e. The van der Waals surface area contributed by atoms with Gasteiger partial charge < -0.3 is 15.7 Å². The summed E-state index contributed by atoms with van der Waals surface area (Å²) in [5.74, 6) is -2.94. The zero-order chi connectivity index (χ0) is 19.6. The first-order chi connectivity index (χ1) is 12.0. The minimum Gasteiger partial charge on any atom is -0.478 e. The Balaban J connectivity index is 2.27. The van der Waals surface area contributed by atoms with E-state index >= 15 is 0 Å². The molecule has 138 valence electrons. The summed E-state index contributed by atoms with van der Waals surface area (Å²) < 4.78 is 51.3. The van der Waals surface area contributed by atoms with Crippen molar-refractivity contribution in [1.29, 1.82) is 0 Å². The zero-order valence-corrected chi connectivity index (χ0v) is 13.9. The molecule has 0 radical (unpaired) electrons. The summed E-state index contributed by atoms with van der Waals surface area (Å²) in [6.07, 6.45) is -4.95. The number of aromatic carboxylic acids is 1. The summed E-state index contributed by atoms with van der Waals surface area (Å²) in [7, 11) is 0. The molecule has 26 heavy (non-hydrogen) atoms. The Hall–Kier alpha value is -2.52. The minimum atomic E-state index is -4.95. The van der Waals surface area contributed by atoms with Crippen molar-refractivity contribution in [1.82, 2.24) is 0 Å². The molecule has 0 atom stereocenters. The van der Waals surface area contributed by atoms with Gasteiger partial charge in [-0.3, -0.25) is 0 Å². The number of amides is 2. The predicted molar refractivity (Wildman–Crippen MR) is 87.5 cm³/mol. The lowest BCUT2D eigenvalue weighted by Crippen LogP contribution is -2.22. The number of rotatable bonds is 3. The van der Waals surface area contributed by atoms with E-state index in [9.17, 15) is 27.2 Å². The van der Waals surface area contributed by atoms with Crippen LogP contribution in [-0.2, 0) is 6.18 Å². The van der Waals surface area contributed by atoms with Gasteiger partial charge >= 0.3 is 18.2 Å². The van der Waals surface area contributed by atoms with E-state index < -0.39 is 35.1 Å². The number of alkyl halides is 3. The number of nitrogens with one attached hydrogen (secondary N) is 2. The van der Waals surface area contributed by atoms with E-state index in [1.807, 2.05) is 5.32 Å². The molecule has 2 aromatic rings. The SMILES string of the molecule is O=C(Nc1ccc(F)c(C(F)(F)F)c1)Nc1c(Cl)cc(Cl)cc1C(=O)O. The van der Waals surface area contributed by atoms with Gasteiger partial charge in [0.05, 0.1) is 21.8 Å². The number of carbonyl (C=O) groups excluding carboxylic acids is 1. The van der Waals surface area contributed by atoms with Gasteiger partial charge in [-0.1, -0.05) is 23.2 Å². The fraction of sp³-hybridized carbons (Fsp3) is 0.0667. The van der Waals surface area contributed by atoms with Crippen LogP contribution in [-0.4, -0.2) is 17.1 Å². The Labute approximate surface area is 153 Å². The predicted octanol–water partition coefficient (Wildman–Crippen LogP) is 5.49. The molecule has 0 aromatic heterocycles. The van der Waals surface area contributed by atoms with Crippen LogP contribution in [0.15, 0.2) is 30.3 Å². The van der Waals surface area contributed by atoms with Crippen molar-refractivity contribution < 1.29 is 32.3 Å². The first kappa shape index (κ1) is 19.8. The molecule has 0 aliphatic carbocycles. The average molecular weight is 411 g/mol. The largest absolute Gasteiger partial charge is 0.478 e. The second-order valence-electron chi connectivity index (χ2n) is 4.89.